The minimum atomic E-state index is 0.373. The summed E-state index contributed by atoms with van der Waals surface area (Å²) in [6, 6.07) is 7.85. The van der Waals surface area contributed by atoms with Gasteiger partial charge in [0.25, 0.3) is 0 Å². The lowest BCUT2D eigenvalue weighted by Gasteiger charge is -2.14. The Morgan fingerprint density at radius 3 is 2.73 bits per heavy atom. The van der Waals surface area contributed by atoms with Crippen LogP contribution in [0.3, 0.4) is 0 Å². The Kier molecular flexibility index (Phi) is 3.22. The Labute approximate surface area is 89.9 Å². The summed E-state index contributed by atoms with van der Waals surface area (Å²) in [5, 5.41) is 3.54. The molecule has 3 heteroatoms. The molecule has 0 amide bonds. The highest BCUT2D eigenvalue weighted by molar-refractivity contribution is 5.83. The fourth-order valence-electron chi connectivity index (χ4n) is 1.96. The fourth-order valence-corrected chi connectivity index (χ4v) is 1.96. The molecule has 2 rings (SSSR count). The summed E-state index contributed by atoms with van der Waals surface area (Å²) in [5.74, 6) is 6.04. The lowest BCUT2D eigenvalue weighted by molar-refractivity contribution is 0.210. The minimum Gasteiger partial charge on any atom is -0.490 e. The summed E-state index contributed by atoms with van der Waals surface area (Å²) in [4.78, 5) is 0. The number of rotatable bonds is 3. The first-order valence-corrected chi connectivity index (χ1v) is 5.39. The summed E-state index contributed by atoms with van der Waals surface area (Å²) in [7, 11) is 0. The van der Waals surface area contributed by atoms with Crippen LogP contribution in [-0.2, 0) is 0 Å². The second kappa shape index (κ2) is 4.82. The molecule has 1 fully saturated rings. The molecule has 1 saturated carbocycles. The zero-order valence-corrected chi connectivity index (χ0v) is 8.73. The summed E-state index contributed by atoms with van der Waals surface area (Å²) in [5.41, 5.74) is 0.951. The molecule has 0 saturated heterocycles. The standard InChI is InChI=1S/C12H16N2O/c13-14-9-10-5-1-4-8-12(10)15-11-6-2-3-7-11/h1,4-5,8-9,11H,2-3,6-7,13H2. The first kappa shape index (κ1) is 10.0. The van der Waals surface area contributed by atoms with E-state index in [2.05, 4.69) is 5.10 Å². The highest BCUT2D eigenvalue weighted by Gasteiger charge is 2.17. The van der Waals surface area contributed by atoms with Gasteiger partial charge < -0.3 is 10.6 Å². The van der Waals surface area contributed by atoms with Crippen LogP contribution in [0, 0.1) is 0 Å². The van der Waals surface area contributed by atoms with Crippen LogP contribution in [-0.4, -0.2) is 12.3 Å². The Bertz CT molecular complexity index is 343. The molecular formula is C12H16N2O. The fraction of sp³-hybridized carbons (Fsp3) is 0.417. The number of hydrogen-bond acceptors (Lipinski definition) is 3. The lowest BCUT2D eigenvalue weighted by Crippen LogP contribution is -2.12. The van der Waals surface area contributed by atoms with Crippen LogP contribution in [0.4, 0.5) is 0 Å². The van der Waals surface area contributed by atoms with E-state index in [1.807, 2.05) is 24.3 Å². The maximum atomic E-state index is 5.91. The van der Waals surface area contributed by atoms with Gasteiger partial charge in [0.05, 0.1) is 12.3 Å². The van der Waals surface area contributed by atoms with Gasteiger partial charge in [-0.1, -0.05) is 12.1 Å². The molecule has 0 radical (unpaired) electrons. The van der Waals surface area contributed by atoms with Gasteiger partial charge >= 0.3 is 0 Å². The van der Waals surface area contributed by atoms with Gasteiger partial charge in [-0.05, 0) is 37.8 Å². The summed E-state index contributed by atoms with van der Waals surface area (Å²) < 4.78 is 5.91. The van der Waals surface area contributed by atoms with Crippen molar-refractivity contribution in [1.29, 1.82) is 0 Å². The number of ether oxygens (including phenoxy) is 1. The molecule has 0 heterocycles. The Hall–Kier alpha value is -1.51. The predicted molar refractivity (Wildman–Crippen MR) is 61.1 cm³/mol. The second-order valence-corrected chi connectivity index (χ2v) is 3.84. The van der Waals surface area contributed by atoms with Crippen LogP contribution in [0.15, 0.2) is 29.4 Å². The number of nitrogens with two attached hydrogens (primary N) is 1. The monoisotopic (exact) mass is 204 g/mol. The Balaban J connectivity index is 2.11. The lowest BCUT2D eigenvalue weighted by atomic mass is 10.2. The molecule has 15 heavy (non-hydrogen) atoms. The first-order valence-electron chi connectivity index (χ1n) is 5.39. The zero-order chi connectivity index (χ0) is 10.5. The average molecular weight is 204 g/mol. The van der Waals surface area contributed by atoms with Crippen LogP contribution in [0.1, 0.15) is 31.2 Å². The van der Waals surface area contributed by atoms with Gasteiger partial charge in [0.15, 0.2) is 0 Å². The van der Waals surface area contributed by atoms with Gasteiger partial charge in [-0.25, -0.2) is 0 Å². The second-order valence-electron chi connectivity index (χ2n) is 3.84. The smallest absolute Gasteiger partial charge is 0.128 e. The van der Waals surface area contributed by atoms with E-state index in [1.54, 1.807) is 6.21 Å². The number of nitrogens with zero attached hydrogens (tertiary/aromatic N) is 1. The van der Waals surface area contributed by atoms with Crippen molar-refractivity contribution in [2.24, 2.45) is 10.9 Å². The van der Waals surface area contributed by atoms with E-state index in [0.29, 0.717) is 6.10 Å². The molecule has 0 bridgehead atoms. The van der Waals surface area contributed by atoms with E-state index in [1.165, 1.54) is 12.8 Å². The van der Waals surface area contributed by atoms with Crippen molar-refractivity contribution in [3.63, 3.8) is 0 Å². The third kappa shape index (κ3) is 2.49. The van der Waals surface area contributed by atoms with Crippen LogP contribution < -0.4 is 10.6 Å². The van der Waals surface area contributed by atoms with Crippen molar-refractivity contribution in [2.75, 3.05) is 0 Å². The number of hydrazone groups is 1. The molecule has 0 aliphatic heterocycles. The highest BCUT2D eigenvalue weighted by atomic mass is 16.5. The molecule has 1 aromatic carbocycles. The van der Waals surface area contributed by atoms with Gasteiger partial charge in [-0.3, -0.25) is 0 Å². The van der Waals surface area contributed by atoms with Crippen molar-refractivity contribution in [1.82, 2.24) is 0 Å². The van der Waals surface area contributed by atoms with E-state index < -0.39 is 0 Å². The van der Waals surface area contributed by atoms with Crippen molar-refractivity contribution in [3.8, 4) is 5.75 Å². The van der Waals surface area contributed by atoms with Gasteiger partial charge in [-0.2, -0.15) is 5.10 Å². The van der Waals surface area contributed by atoms with Crippen LogP contribution in [0.2, 0.25) is 0 Å². The molecule has 1 aromatic rings. The number of para-hydroxylation sites is 1. The van der Waals surface area contributed by atoms with E-state index >= 15 is 0 Å². The van der Waals surface area contributed by atoms with Gasteiger partial charge in [-0.15, -0.1) is 0 Å². The molecule has 1 aliphatic rings. The van der Waals surface area contributed by atoms with E-state index in [0.717, 1.165) is 24.2 Å². The Morgan fingerprint density at radius 2 is 2.00 bits per heavy atom. The normalized spacial score (nSPS) is 17.3. The van der Waals surface area contributed by atoms with Crippen molar-refractivity contribution >= 4 is 6.21 Å². The van der Waals surface area contributed by atoms with E-state index in [4.69, 9.17) is 10.6 Å². The quantitative estimate of drug-likeness (QED) is 0.466. The SMILES string of the molecule is NN=Cc1ccccc1OC1CCCC1. The summed E-state index contributed by atoms with van der Waals surface area (Å²) in [6.07, 6.45) is 6.87. The van der Waals surface area contributed by atoms with Crippen molar-refractivity contribution in [2.45, 2.75) is 31.8 Å². The number of benzene rings is 1. The van der Waals surface area contributed by atoms with Crippen LogP contribution in [0.5, 0.6) is 5.75 Å². The maximum Gasteiger partial charge on any atom is 0.128 e. The van der Waals surface area contributed by atoms with E-state index in [-0.39, 0.29) is 0 Å². The maximum absolute atomic E-state index is 5.91. The molecule has 1 aliphatic carbocycles. The largest absolute Gasteiger partial charge is 0.490 e. The number of hydrogen-bond donors (Lipinski definition) is 1. The molecule has 0 aromatic heterocycles. The summed E-state index contributed by atoms with van der Waals surface area (Å²) in [6.45, 7) is 0. The molecule has 2 N–H and O–H groups in total. The summed E-state index contributed by atoms with van der Waals surface area (Å²) >= 11 is 0. The highest BCUT2D eigenvalue weighted by Crippen LogP contribution is 2.25. The average Bonchev–Trinajstić information content (AvgIpc) is 2.74. The van der Waals surface area contributed by atoms with Gasteiger partial charge in [0, 0.05) is 5.56 Å². The van der Waals surface area contributed by atoms with Gasteiger partial charge in [0.2, 0.25) is 0 Å². The van der Waals surface area contributed by atoms with Crippen molar-refractivity contribution in [3.05, 3.63) is 29.8 Å². The molecular weight excluding hydrogens is 188 g/mol. The van der Waals surface area contributed by atoms with Crippen molar-refractivity contribution < 1.29 is 4.74 Å². The predicted octanol–water partition coefficient (Wildman–Crippen LogP) is 2.30. The molecule has 3 nitrogen and oxygen atoms in total. The zero-order valence-electron chi connectivity index (χ0n) is 8.73. The van der Waals surface area contributed by atoms with Gasteiger partial charge in [0.1, 0.15) is 5.75 Å². The third-order valence-electron chi connectivity index (χ3n) is 2.73. The third-order valence-corrected chi connectivity index (χ3v) is 2.73. The molecule has 0 spiro atoms. The minimum absolute atomic E-state index is 0.373. The first-order chi connectivity index (χ1) is 7.40. The van der Waals surface area contributed by atoms with E-state index in [9.17, 15) is 0 Å². The van der Waals surface area contributed by atoms with Crippen LogP contribution >= 0.6 is 0 Å². The Morgan fingerprint density at radius 1 is 1.27 bits per heavy atom. The topological polar surface area (TPSA) is 47.6 Å². The van der Waals surface area contributed by atoms with Crippen LogP contribution in [0.25, 0.3) is 0 Å². The molecule has 0 unspecified atom stereocenters. The molecule has 0 atom stereocenters. The molecule has 80 valence electrons.